The molecule has 0 saturated heterocycles. The molecular formula is C7H4F2IN3O2S. The fourth-order valence-electron chi connectivity index (χ4n) is 0.974. The molecule has 0 aliphatic rings. The number of hydrogen-bond donors (Lipinski definition) is 1. The lowest BCUT2D eigenvalue weighted by Crippen LogP contribution is -2.18. The molecule has 1 heterocycles. The standard InChI is InChI=1S/C7H4F2IN3O2S/c8-6(9)5-4(10)1-3(2-11)13-7(5)16(12,14)15/h1,6H,(H2,12,14,15). The highest BCUT2D eigenvalue weighted by molar-refractivity contribution is 14.1. The van der Waals surface area contributed by atoms with Gasteiger partial charge in [-0.2, -0.15) is 5.26 Å². The lowest BCUT2D eigenvalue weighted by atomic mass is 10.2. The number of alkyl halides is 2. The van der Waals surface area contributed by atoms with Gasteiger partial charge in [0, 0.05) is 3.57 Å². The van der Waals surface area contributed by atoms with E-state index in [1.165, 1.54) is 22.6 Å². The van der Waals surface area contributed by atoms with E-state index in [-0.39, 0.29) is 9.26 Å². The lowest BCUT2D eigenvalue weighted by Gasteiger charge is -2.08. The molecule has 0 fully saturated rings. The Labute approximate surface area is 103 Å². The van der Waals surface area contributed by atoms with Crippen molar-refractivity contribution in [2.75, 3.05) is 0 Å². The van der Waals surface area contributed by atoms with Crippen LogP contribution >= 0.6 is 22.6 Å². The quantitative estimate of drug-likeness (QED) is 0.801. The second-order valence-electron chi connectivity index (χ2n) is 2.67. The smallest absolute Gasteiger partial charge is 0.224 e. The van der Waals surface area contributed by atoms with Crippen LogP contribution in [0.2, 0.25) is 0 Å². The van der Waals surface area contributed by atoms with Gasteiger partial charge >= 0.3 is 0 Å². The van der Waals surface area contributed by atoms with Crippen LogP contribution in [0.15, 0.2) is 11.1 Å². The maximum absolute atomic E-state index is 12.6. The van der Waals surface area contributed by atoms with Crippen LogP contribution in [-0.4, -0.2) is 13.4 Å². The second kappa shape index (κ2) is 4.56. The van der Waals surface area contributed by atoms with Gasteiger partial charge in [0.1, 0.15) is 11.8 Å². The number of hydrogen-bond acceptors (Lipinski definition) is 4. The molecule has 16 heavy (non-hydrogen) atoms. The van der Waals surface area contributed by atoms with Crippen LogP contribution in [0.3, 0.4) is 0 Å². The van der Waals surface area contributed by atoms with Crippen molar-refractivity contribution < 1.29 is 17.2 Å². The molecule has 0 amide bonds. The fourth-order valence-corrected chi connectivity index (χ4v) is 2.67. The van der Waals surface area contributed by atoms with E-state index in [1.807, 2.05) is 0 Å². The van der Waals surface area contributed by atoms with E-state index < -0.39 is 27.0 Å². The van der Waals surface area contributed by atoms with Crippen LogP contribution in [0.1, 0.15) is 17.7 Å². The highest BCUT2D eigenvalue weighted by Crippen LogP contribution is 2.29. The Balaban J connectivity index is 3.69. The zero-order valence-electron chi connectivity index (χ0n) is 7.49. The van der Waals surface area contributed by atoms with Crippen molar-refractivity contribution in [3.63, 3.8) is 0 Å². The number of nitrogens with zero attached hydrogens (tertiary/aromatic N) is 2. The summed E-state index contributed by atoms with van der Waals surface area (Å²) >= 11 is 1.50. The molecule has 0 radical (unpaired) electrons. The molecule has 0 aliphatic heterocycles. The minimum atomic E-state index is -4.38. The molecule has 5 nitrogen and oxygen atoms in total. The number of halogens is 3. The van der Waals surface area contributed by atoms with Crippen molar-refractivity contribution in [3.8, 4) is 6.07 Å². The van der Waals surface area contributed by atoms with Gasteiger partial charge in [0.25, 0.3) is 16.4 Å². The minimum Gasteiger partial charge on any atom is -0.224 e. The van der Waals surface area contributed by atoms with Crippen LogP contribution < -0.4 is 5.14 Å². The van der Waals surface area contributed by atoms with E-state index in [0.29, 0.717) is 0 Å². The minimum absolute atomic E-state index is 0.0665. The second-order valence-corrected chi connectivity index (χ2v) is 5.30. The van der Waals surface area contributed by atoms with Crippen LogP contribution in [-0.2, 0) is 10.0 Å². The summed E-state index contributed by atoms with van der Waals surface area (Å²) in [7, 11) is -4.38. The largest absolute Gasteiger partial charge is 0.267 e. The van der Waals surface area contributed by atoms with Crippen molar-refractivity contribution in [2.45, 2.75) is 11.5 Å². The van der Waals surface area contributed by atoms with Gasteiger partial charge in [-0.15, -0.1) is 0 Å². The molecule has 1 aromatic heterocycles. The summed E-state index contributed by atoms with van der Waals surface area (Å²) < 4.78 is 47.2. The number of nitriles is 1. The van der Waals surface area contributed by atoms with Crippen molar-refractivity contribution in [1.82, 2.24) is 4.98 Å². The van der Waals surface area contributed by atoms with Gasteiger partial charge in [0.2, 0.25) is 0 Å². The maximum atomic E-state index is 12.6. The van der Waals surface area contributed by atoms with Gasteiger partial charge in [-0.25, -0.2) is 27.3 Å². The predicted octanol–water partition coefficient (Wildman–Crippen LogP) is 1.14. The Morgan fingerprint density at radius 2 is 2.12 bits per heavy atom. The normalized spacial score (nSPS) is 11.5. The average Bonchev–Trinajstić information content (AvgIpc) is 2.14. The molecule has 86 valence electrons. The Morgan fingerprint density at radius 3 is 2.50 bits per heavy atom. The van der Waals surface area contributed by atoms with E-state index in [4.69, 9.17) is 10.4 Å². The topological polar surface area (TPSA) is 96.8 Å². The number of aromatic nitrogens is 1. The summed E-state index contributed by atoms with van der Waals surface area (Å²) in [5.41, 5.74) is -1.06. The first-order valence-electron chi connectivity index (χ1n) is 3.69. The van der Waals surface area contributed by atoms with Crippen molar-refractivity contribution >= 4 is 32.6 Å². The van der Waals surface area contributed by atoms with E-state index in [2.05, 4.69) is 4.98 Å². The highest BCUT2D eigenvalue weighted by atomic mass is 127. The van der Waals surface area contributed by atoms with Crippen LogP contribution in [0.4, 0.5) is 8.78 Å². The lowest BCUT2D eigenvalue weighted by molar-refractivity contribution is 0.146. The molecule has 1 rings (SSSR count). The summed E-state index contributed by atoms with van der Waals surface area (Å²) in [4.78, 5) is 3.29. The van der Waals surface area contributed by atoms with E-state index in [9.17, 15) is 17.2 Å². The van der Waals surface area contributed by atoms with Gasteiger partial charge < -0.3 is 0 Å². The molecule has 0 unspecified atom stereocenters. The molecule has 0 saturated carbocycles. The first-order chi connectivity index (χ1) is 7.27. The maximum Gasteiger partial charge on any atom is 0.267 e. The average molecular weight is 359 g/mol. The van der Waals surface area contributed by atoms with Gasteiger partial charge in [0.15, 0.2) is 5.03 Å². The third-order valence-electron chi connectivity index (χ3n) is 1.58. The third-order valence-corrected chi connectivity index (χ3v) is 3.32. The van der Waals surface area contributed by atoms with Crippen molar-refractivity contribution in [1.29, 1.82) is 5.26 Å². The van der Waals surface area contributed by atoms with Crippen molar-refractivity contribution in [2.24, 2.45) is 5.14 Å². The van der Waals surface area contributed by atoms with Crippen molar-refractivity contribution in [3.05, 3.63) is 20.9 Å². The van der Waals surface area contributed by atoms with E-state index in [0.717, 1.165) is 6.07 Å². The molecule has 1 aromatic rings. The molecule has 0 spiro atoms. The number of nitrogens with two attached hydrogens (primary N) is 1. The predicted molar refractivity (Wildman–Crippen MR) is 58.0 cm³/mol. The SMILES string of the molecule is N#Cc1cc(I)c(C(F)F)c(S(N)(=O)=O)n1. The number of rotatable bonds is 2. The monoisotopic (exact) mass is 359 g/mol. The number of primary sulfonamides is 1. The van der Waals surface area contributed by atoms with Gasteiger partial charge in [-0.3, -0.25) is 0 Å². The van der Waals surface area contributed by atoms with Crippen LogP contribution in [0, 0.1) is 14.9 Å². The Kier molecular flexibility index (Phi) is 3.76. The summed E-state index contributed by atoms with van der Waals surface area (Å²) in [6, 6.07) is 2.63. The summed E-state index contributed by atoms with van der Waals surface area (Å²) in [6.07, 6.45) is -3.03. The molecule has 0 aliphatic carbocycles. The fraction of sp³-hybridized carbons (Fsp3) is 0.143. The Hall–Kier alpha value is -0.860. The first kappa shape index (κ1) is 13.2. The van der Waals surface area contributed by atoms with Gasteiger partial charge in [0.05, 0.1) is 5.56 Å². The molecule has 2 N–H and O–H groups in total. The van der Waals surface area contributed by atoms with Crippen LogP contribution in [0.5, 0.6) is 0 Å². The zero-order valence-corrected chi connectivity index (χ0v) is 10.5. The van der Waals surface area contributed by atoms with E-state index in [1.54, 1.807) is 6.07 Å². The molecule has 0 atom stereocenters. The summed E-state index contributed by atoms with van der Waals surface area (Å²) in [6.45, 7) is 0. The van der Waals surface area contributed by atoms with E-state index >= 15 is 0 Å². The molecular weight excluding hydrogens is 355 g/mol. The Morgan fingerprint density at radius 1 is 1.56 bits per heavy atom. The Bertz CT molecular complexity index is 568. The molecule has 9 heteroatoms. The summed E-state index contributed by atoms with van der Waals surface area (Å²) in [5, 5.41) is 12.3. The number of pyridine rings is 1. The van der Waals surface area contributed by atoms with Crippen LogP contribution in [0.25, 0.3) is 0 Å². The first-order valence-corrected chi connectivity index (χ1v) is 6.31. The number of sulfonamides is 1. The third kappa shape index (κ3) is 2.63. The van der Waals surface area contributed by atoms with Gasteiger partial charge in [-0.05, 0) is 28.7 Å². The summed E-state index contributed by atoms with van der Waals surface area (Å²) in [5.74, 6) is 0. The van der Waals surface area contributed by atoms with Gasteiger partial charge in [-0.1, -0.05) is 0 Å². The molecule has 0 aromatic carbocycles. The zero-order chi connectivity index (χ0) is 12.5. The highest BCUT2D eigenvalue weighted by Gasteiger charge is 2.26. The molecule has 0 bridgehead atoms.